The number of carbonyl (C=O) groups is 2. The monoisotopic (exact) mass is 428 g/mol. The van der Waals surface area contributed by atoms with Gasteiger partial charge in [-0.1, -0.05) is 34.1 Å². The third kappa shape index (κ3) is 5.69. The second-order valence-corrected chi connectivity index (χ2v) is 5.95. The van der Waals surface area contributed by atoms with Crippen molar-refractivity contribution in [1.29, 1.82) is 0 Å². The Labute approximate surface area is 156 Å². The summed E-state index contributed by atoms with van der Waals surface area (Å²) in [6.45, 7) is -1.58. The Bertz CT molecular complexity index is 789. The van der Waals surface area contributed by atoms with Gasteiger partial charge in [-0.15, -0.1) is 0 Å². The van der Waals surface area contributed by atoms with Gasteiger partial charge in [0, 0.05) is 4.47 Å². The van der Waals surface area contributed by atoms with Crippen LogP contribution in [0, 0.1) is 0 Å². The van der Waals surface area contributed by atoms with Crippen molar-refractivity contribution in [3.8, 4) is 11.5 Å². The predicted molar refractivity (Wildman–Crippen MR) is 92.9 cm³/mol. The molecule has 0 spiro atoms. The van der Waals surface area contributed by atoms with Crippen molar-refractivity contribution in [1.82, 2.24) is 10.9 Å². The maximum Gasteiger partial charge on any atom is 0.387 e. The fraction of sp³-hybridized carbons (Fsp3) is 0.176. The number of rotatable bonds is 6. The average Bonchev–Trinajstić information content (AvgIpc) is 2.59. The van der Waals surface area contributed by atoms with E-state index in [1.165, 1.54) is 31.2 Å². The van der Waals surface area contributed by atoms with E-state index in [0.717, 1.165) is 4.47 Å². The summed E-state index contributed by atoms with van der Waals surface area (Å²) in [5.41, 5.74) is 4.17. The second kappa shape index (κ2) is 9.14. The van der Waals surface area contributed by atoms with E-state index >= 15 is 0 Å². The number of amides is 2. The molecule has 0 fully saturated rings. The smallest absolute Gasteiger partial charge is 0.387 e. The predicted octanol–water partition coefficient (Wildman–Crippen LogP) is 3.28. The summed E-state index contributed by atoms with van der Waals surface area (Å²) in [5, 5.41) is 0. The van der Waals surface area contributed by atoms with Crippen LogP contribution in [0.3, 0.4) is 0 Å². The van der Waals surface area contributed by atoms with Crippen LogP contribution in [0.2, 0.25) is 0 Å². The summed E-state index contributed by atoms with van der Waals surface area (Å²) >= 11 is 3.29. The molecule has 0 aliphatic rings. The molecule has 2 amide bonds. The van der Waals surface area contributed by atoms with Gasteiger partial charge in [0.1, 0.15) is 11.5 Å². The molecule has 2 N–H and O–H groups in total. The Morgan fingerprint density at radius 1 is 1.04 bits per heavy atom. The molecule has 26 heavy (non-hydrogen) atoms. The molecule has 0 aromatic heterocycles. The molecule has 0 radical (unpaired) electrons. The van der Waals surface area contributed by atoms with E-state index in [-0.39, 0.29) is 11.3 Å². The van der Waals surface area contributed by atoms with Crippen LogP contribution in [0.25, 0.3) is 0 Å². The van der Waals surface area contributed by atoms with Crippen LogP contribution >= 0.6 is 15.9 Å². The highest BCUT2D eigenvalue weighted by Crippen LogP contribution is 2.20. The number of nitrogens with one attached hydrogen (secondary N) is 2. The van der Waals surface area contributed by atoms with E-state index < -0.39 is 24.5 Å². The van der Waals surface area contributed by atoms with Gasteiger partial charge in [0.15, 0.2) is 6.10 Å². The molecule has 0 saturated carbocycles. The Hall–Kier alpha value is -2.68. The fourth-order valence-corrected chi connectivity index (χ4v) is 2.32. The summed E-state index contributed by atoms with van der Waals surface area (Å²) < 4.78 is 35.3. The lowest BCUT2D eigenvalue weighted by molar-refractivity contribution is -0.128. The van der Waals surface area contributed by atoms with Gasteiger partial charge in [-0.25, -0.2) is 0 Å². The molecule has 2 rings (SSSR count). The lowest BCUT2D eigenvalue weighted by Gasteiger charge is -2.16. The Kier molecular flexibility index (Phi) is 6.90. The zero-order valence-corrected chi connectivity index (χ0v) is 15.1. The number of para-hydroxylation sites is 1. The van der Waals surface area contributed by atoms with Crippen LogP contribution in [0.4, 0.5) is 8.78 Å². The summed E-state index contributed by atoms with van der Waals surface area (Å²) in [6, 6.07) is 12.3. The summed E-state index contributed by atoms with van der Waals surface area (Å²) in [4.78, 5) is 24.1. The van der Waals surface area contributed by atoms with Crippen LogP contribution in [0.1, 0.15) is 17.3 Å². The van der Waals surface area contributed by atoms with Gasteiger partial charge in [-0.05, 0) is 37.3 Å². The van der Waals surface area contributed by atoms with Gasteiger partial charge in [0.25, 0.3) is 11.8 Å². The number of ether oxygens (including phenoxy) is 2. The SMILES string of the molecule is CC(Oc1cccc(Br)c1)C(=O)NNC(=O)c1ccccc1OC(F)F. The number of alkyl halides is 2. The summed E-state index contributed by atoms with van der Waals surface area (Å²) in [6.07, 6.45) is -0.905. The summed E-state index contributed by atoms with van der Waals surface area (Å²) in [5.74, 6) is -1.26. The van der Waals surface area contributed by atoms with Crippen molar-refractivity contribution >= 4 is 27.7 Å². The van der Waals surface area contributed by atoms with E-state index in [2.05, 4.69) is 31.5 Å². The average molecular weight is 429 g/mol. The van der Waals surface area contributed by atoms with Crippen LogP contribution in [0.15, 0.2) is 53.0 Å². The van der Waals surface area contributed by atoms with E-state index in [4.69, 9.17) is 4.74 Å². The minimum absolute atomic E-state index is 0.145. The van der Waals surface area contributed by atoms with Crippen molar-refractivity contribution in [2.75, 3.05) is 0 Å². The number of hydrazine groups is 1. The molecule has 6 nitrogen and oxygen atoms in total. The fourth-order valence-electron chi connectivity index (χ4n) is 1.94. The minimum atomic E-state index is -3.07. The number of carbonyl (C=O) groups excluding carboxylic acids is 2. The lowest BCUT2D eigenvalue weighted by atomic mass is 10.2. The molecule has 0 aliphatic heterocycles. The molecule has 1 atom stereocenters. The van der Waals surface area contributed by atoms with Crippen molar-refractivity contribution < 1.29 is 27.8 Å². The first-order valence-electron chi connectivity index (χ1n) is 7.43. The van der Waals surface area contributed by atoms with E-state index in [1.807, 2.05) is 0 Å². The second-order valence-electron chi connectivity index (χ2n) is 5.04. The van der Waals surface area contributed by atoms with E-state index in [1.54, 1.807) is 24.3 Å². The van der Waals surface area contributed by atoms with Crippen molar-refractivity contribution in [3.05, 3.63) is 58.6 Å². The van der Waals surface area contributed by atoms with Crippen LogP contribution < -0.4 is 20.3 Å². The summed E-state index contributed by atoms with van der Waals surface area (Å²) in [7, 11) is 0. The number of hydrogen-bond donors (Lipinski definition) is 2. The Morgan fingerprint density at radius 3 is 2.46 bits per heavy atom. The highest BCUT2D eigenvalue weighted by atomic mass is 79.9. The normalized spacial score (nSPS) is 11.6. The van der Waals surface area contributed by atoms with Crippen LogP contribution in [-0.4, -0.2) is 24.5 Å². The van der Waals surface area contributed by atoms with Crippen LogP contribution in [0.5, 0.6) is 11.5 Å². The standard InChI is InChI=1S/C17H15BrF2N2O4/c1-10(25-12-6-4-5-11(18)9-12)15(23)21-22-16(24)13-7-2-3-8-14(13)26-17(19)20/h2-10,17H,1H3,(H,21,23)(H,22,24). The zero-order valence-electron chi connectivity index (χ0n) is 13.5. The van der Waals surface area contributed by atoms with E-state index in [9.17, 15) is 18.4 Å². The number of hydrogen-bond acceptors (Lipinski definition) is 4. The Balaban J connectivity index is 1.93. The maximum atomic E-state index is 12.4. The van der Waals surface area contributed by atoms with Crippen molar-refractivity contribution in [3.63, 3.8) is 0 Å². The molecular weight excluding hydrogens is 414 g/mol. The highest BCUT2D eigenvalue weighted by molar-refractivity contribution is 9.10. The molecule has 1 unspecified atom stereocenters. The van der Waals surface area contributed by atoms with Crippen molar-refractivity contribution in [2.45, 2.75) is 19.6 Å². The molecule has 0 saturated heterocycles. The highest BCUT2D eigenvalue weighted by Gasteiger charge is 2.18. The Morgan fingerprint density at radius 2 is 1.77 bits per heavy atom. The largest absolute Gasteiger partial charge is 0.481 e. The first-order valence-corrected chi connectivity index (χ1v) is 8.22. The zero-order chi connectivity index (χ0) is 19.1. The molecule has 0 aliphatic carbocycles. The molecule has 0 heterocycles. The first kappa shape index (κ1) is 19.6. The molecule has 2 aromatic rings. The van der Waals surface area contributed by atoms with Gasteiger partial charge in [0.05, 0.1) is 5.56 Å². The maximum absolute atomic E-state index is 12.4. The topological polar surface area (TPSA) is 76.7 Å². The van der Waals surface area contributed by atoms with E-state index in [0.29, 0.717) is 5.75 Å². The van der Waals surface area contributed by atoms with Gasteiger partial charge in [0.2, 0.25) is 0 Å². The molecule has 9 heteroatoms. The third-order valence-corrected chi connectivity index (χ3v) is 3.62. The van der Waals surface area contributed by atoms with Crippen LogP contribution in [-0.2, 0) is 4.79 Å². The number of benzene rings is 2. The van der Waals surface area contributed by atoms with Gasteiger partial charge < -0.3 is 9.47 Å². The first-order chi connectivity index (χ1) is 12.4. The molecule has 2 aromatic carbocycles. The third-order valence-electron chi connectivity index (χ3n) is 3.13. The van der Waals surface area contributed by atoms with Gasteiger partial charge >= 0.3 is 6.61 Å². The molecule has 0 bridgehead atoms. The molecular formula is C17H15BrF2N2O4. The van der Waals surface area contributed by atoms with Crippen molar-refractivity contribution in [2.24, 2.45) is 0 Å². The van der Waals surface area contributed by atoms with Gasteiger partial charge in [-0.3, -0.25) is 20.4 Å². The molecule has 138 valence electrons. The lowest BCUT2D eigenvalue weighted by Crippen LogP contribution is -2.47. The van der Waals surface area contributed by atoms with Gasteiger partial charge in [-0.2, -0.15) is 8.78 Å². The number of halogens is 3. The minimum Gasteiger partial charge on any atom is -0.481 e. The quantitative estimate of drug-likeness (QED) is 0.692.